The van der Waals surface area contributed by atoms with Crippen molar-refractivity contribution >= 4 is 23.3 Å². The third-order valence-electron chi connectivity index (χ3n) is 3.82. The number of carbonyl (C=O) groups excluding carboxylic acids is 1. The maximum Gasteiger partial charge on any atom is 0.326 e. The summed E-state index contributed by atoms with van der Waals surface area (Å²) in [4.78, 5) is 27.9. The molecule has 0 radical (unpaired) electrons. The molecule has 2 rings (SSSR count). The van der Waals surface area contributed by atoms with Crippen LogP contribution in [0.3, 0.4) is 0 Å². The van der Waals surface area contributed by atoms with Crippen molar-refractivity contribution in [3.63, 3.8) is 0 Å². The Labute approximate surface area is 122 Å². The van der Waals surface area contributed by atoms with Gasteiger partial charge in [0.1, 0.15) is 6.04 Å². The summed E-state index contributed by atoms with van der Waals surface area (Å²) in [7, 11) is 1.75. The van der Waals surface area contributed by atoms with Crippen LogP contribution in [0, 0.1) is 0 Å². The minimum absolute atomic E-state index is 0.0520. The topological polar surface area (TPSA) is 60.9 Å². The molecule has 0 bridgehead atoms. The SMILES string of the molecule is CC(Cc1cccs1)N(C)C(=O)N1CCC[C@H]1C(=O)O. The molecule has 1 aromatic heterocycles. The predicted molar refractivity (Wildman–Crippen MR) is 78.0 cm³/mol. The lowest BCUT2D eigenvalue weighted by Crippen LogP contribution is -2.49. The van der Waals surface area contributed by atoms with Crippen molar-refractivity contribution in [1.82, 2.24) is 9.80 Å². The average molecular weight is 296 g/mol. The Morgan fingerprint density at radius 1 is 1.60 bits per heavy atom. The molecule has 1 aliphatic heterocycles. The number of amides is 2. The van der Waals surface area contributed by atoms with Crippen molar-refractivity contribution in [3.8, 4) is 0 Å². The number of nitrogens with zero attached hydrogens (tertiary/aromatic N) is 2. The van der Waals surface area contributed by atoms with E-state index in [2.05, 4.69) is 6.07 Å². The first-order valence-corrected chi connectivity index (χ1v) is 7.67. The molecule has 1 fully saturated rings. The molecule has 0 aliphatic carbocycles. The number of hydrogen-bond donors (Lipinski definition) is 1. The number of carboxylic acids is 1. The smallest absolute Gasteiger partial charge is 0.326 e. The lowest BCUT2D eigenvalue weighted by atomic mass is 10.2. The van der Waals surface area contributed by atoms with E-state index in [1.54, 1.807) is 23.3 Å². The third-order valence-corrected chi connectivity index (χ3v) is 4.72. The fourth-order valence-electron chi connectivity index (χ4n) is 2.50. The van der Waals surface area contributed by atoms with Crippen molar-refractivity contribution in [3.05, 3.63) is 22.4 Å². The average Bonchev–Trinajstić information content (AvgIpc) is 3.07. The van der Waals surface area contributed by atoms with E-state index in [9.17, 15) is 9.59 Å². The number of carboxylic acid groups (broad SMARTS) is 1. The molecule has 1 aliphatic rings. The summed E-state index contributed by atoms with van der Waals surface area (Å²) < 4.78 is 0. The lowest BCUT2D eigenvalue weighted by molar-refractivity contribution is -0.141. The lowest BCUT2D eigenvalue weighted by Gasteiger charge is -2.31. The quantitative estimate of drug-likeness (QED) is 0.927. The molecule has 2 amide bonds. The van der Waals surface area contributed by atoms with Crippen molar-refractivity contribution in [2.75, 3.05) is 13.6 Å². The summed E-state index contributed by atoms with van der Waals surface area (Å²) in [6, 6.07) is 3.25. The molecular weight excluding hydrogens is 276 g/mol. The van der Waals surface area contributed by atoms with E-state index in [0.29, 0.717) is 13.0 Å². The summed E-state index contributed by atoms with van der Waals surface area (Å²) in [5.41, 5.74) is 0. The van der Waals surface area contributed by atoms with E-state index in [1.165, 1.54) is 9.78 Å². The molecule has 0 saturated carbocycles. The number of thiophene rings is 1. The van der Waals surface area contributed by atoms with E-state index < -0.39 is 12.0 Å². The second kappa shape index (κ2) is 6.26. The molecule has 5 nitrogen and oxygen atoms in total. The summed E-state index contributed by atoms with van der Waals surface area (Å²) in [5, 5.41) is 11.2. The Morgan fingerprint density at radius 2 is 2.35 bits per heavy atom. The monoisotopic (exact) mass is 296 g/mol. The van der Waals surface area contributed by atoms with Crippen LogP contribution in [0.1, 0.15) is 24.6 Å². The number of urea groups is 1. The molecule has 0 aromatic carbocycles. The molecular formula is C14H20N2O3S. The second-order valence-electron chi connectivity index (χ2n) is 5.22. The van der Waals surface area contributed by atoms with Crippen LogP contribution in [-0.4, -0.2) is 52.6 Å². The maximum absolute atomic E-state index is 12.4. The van der Waals surface area contributed by atoms with Gasteiger partial charge >= 0.3 is 12.0 Å². The van der Waals surface area contributed by atoms with Crippen molar-refractivity contribution in [1.29, 1.82) is 0 Å². The summed E-state index contributed by atoms with van der Waals surface area (Å²) in [6.45, 7) is 2.52. The van der Waals surface area contributed by atoms with Gasteiger partial charge in [-0.1, -0.05) is 6.07 Å². The molecule has 0 spiro atoms. The highest BCUT2D eigenvalue weighted by molar-refractivity contribution is 7.09. The van der Waals surface area contributed by atoms with Crippen LogP contribution in [0.5, 0.6) is 0 Å². The summed E-state index contributed by atoms with van der Waals surface area (Å²) >= 11 is 1.67. The zero-order valence-electron chi connectivity index (χ0n) is 11.8. The van der Waals surface area contributed by atoms with E-state index in [4.69, 9.17) is 5.11 Å². The zero-order chi connectivity index (χ0) is 14.7. The van der Waals surface area contributed by atoms with Crippen LogP contribution >= 0.6 is 11.3 Å². The van der Waals surface area contributed by atoms with E-state index in [0.717, 1.165) is 12.8 Å². The van der Waals surface area contributed by atoms with Gasteiger partial charge in [0.2, 0.25) is 0 Å². The fourth-order valence-corrected chi connectivity index (χ4v) is 3.33. The first-order chi connectivity index (χ1) is 9.50. The van der Waals surface area contributed by atoms with Crippen LogP contribution in [0.4, 0.5) is 4.79 Å². The molecule has 1 aromatic rings. The van der Waals surface area contributed by atoms with Crippen LogP contribution in [0.15, 0.2) is 17.5 Å². The Morgan fingerprint density at radius 3 is 2.95 bits per heavy atom. The van der Waals surface area contributed by atoms with Gasteiger partial charge in [0.25, 0.3) is 0 Å². The maximum atomic E-state index is 12.4. The molecule has 2 heterocycles. The molecule has 2 atom stereocenters. The molecule has 20 heavy (non-hydrogen) atoms. The largest absolute Gasteiger partial charge is 0.480 e. The molecule has 1 saturated heterocycles. The van der Waals surface area contributed by atoms with Crippen LogP contribution in [-0.2, 0) is 11.2 Å². The molecule has 6 heteroatoms. The second-order valence-corrected chi connectivity index (χ2v) is 6.25. The normalized spacial score (nSPS) is 19.9. The summed E-state index contributed by atoms with van der Waals surface area (Å²) in [6.07, 6.45) is 2.11. The Bertz CT molecular complexity index is 475. The zero-order valence-corrected chi connectivity index (χ0v) is 12.6. The molecule has 1 N–H and O–H groups in total. The minimum atomic E-state index is -0.907. The molecule has 1 unspecified atom stereocenters. The highest BCUT2D eigenvalue weighted by Crippen LogP contribution is 2.21. The first kappa shape index (κ1) is 14.8. The predicted octanol–water partition coefficient (Wildman–Crippen LogP) is 2.28. The highest BCUT2D eigenvalue weighted by atomic mass is 32.1. The van der Waals surface area contributed by atoms with Crippen molar-refractivity contribution in [2.45, 2.75) is 38.3 Å². The summed E-state index contributed by atoms with van der Waals surface area (Å²) in [5.74, 6) is -0.907. The van der Waals surface area contributed by atoms with E-state index in [-0.39, 0.29) is 12.1 Å². The van der Waals surface area contributed by atoms with Gasteiger partial charge in [0.05, 0.1) is 0 Å². The van der Waals surface area contributed by atoms with Gasteiger partial charge < -0.3 is 14.9 Å². The van der Waals surface area contributed by atoms with Crippen molar-refractivity contribution in [2.24, 2.45) is 0 Å². The van der Waals surface area contributed by atoms with Crippen LogP contribution in [0.25, 0.3) is 0 Å². The highest BCUT2D eigenvalue weighted by Gasteiger charge is 2.36. The number of carbonyl (C=O) groups is 2. The van der Waals surface area contributed by atoms with Gasteiger partial charge in [-0.05, 0) is 31.2 Å². The van der Waals surface area contributed by atoms with Crippen LogP contribution < -0.4 is 0 Å². The third kappa shape index (κ3) is 3.12. The van der Waals surface area contributed by atoms with Crippen molar-refractivity contribution < 1.29 is 14.7 Å². The van der Waals surface area contributed by atoms with Gasteiger partial charge in [-0.15, -0.1) is 11.3 Å². The Balaban J connectivity index is 1.99. The number of hydrogen-bond acceptors (Lipinski definition) is 3. The Kier molecular flexibility index (Phi) is 4.65. The van der Waals surface area contributed by atoms with Gasteiger partial charge in [-0.3, -0.25) is 0 Å². The molecule has 110 valence electrons. The van der Waals surface area contributed by atoms with Gasteiger partial charge in [0, 0.05) is 30.9 Å². The minimum Gasteiger partial charge on any atom is -0.480 e. The van der Waals surface area contributed by atoms with Gasteiger partial charge in [0.15, 0.2) is 0 Å². The Hall–Kier alpha value is -1.56. The number of aliphatic carboxylic acids is 1. The van der Waals surface area contributed by atoms with Gasteiger partial charge in [-0.25, -0.2) is 9.59 Å². The van der Waals surface area contributed by atoms with E-state index >= 15 is 0 Å². The van der Waals surface area contributed by atoms with Gasteiger partial charge in [-0.2, -0.15) is 0 Å². The number of likely N-dealkylation sites (tertiary alicyclic amines) is 1. The van der Waals surface area contributed by atoms with E-state index in [1.807, 2.05) is 18.4 Å². The number of likely N-dealkylation sites (N-methyl/N-ethyl adjacent to an activating group) is 1. The first-order valence-electron chi connectivity index (χ1n) is 6.79. The number of rotatable bonds is 4. The fraction of sp³-hybridized carbons (Fsp3) is 0.571. The standard InChI is InChI=1S/C14H20N2O3S/c1-10(9-11-5-4-8-20-11)15(2)14(19)16-7-3-6-12(16)13(17)18/h4-5,8,10,12H,3,6-7,9H2,1-2H3,(H,17,18)/t10?,12-/m0/s1. The van der Waals surface area contributed by atoms with Crippen LogP contribution in [0.2, 0.25) is 0 Å².